The highest BCUT2D eigenvalue weighted by molar-refractivity contribution is 5.84. The highest BCUT2D eigenvalue weighted by Gasteiger charge is 2.06. The van der Waals surface area contributed by atoms with Gasteiger partial charge in [0, 0.05) is 17.7 Å². The van der Waals surface area contributed by atoms with E-state index < -0.39 is 10.8 Å². The molecule has 0 unspecified atom stereocenters. The van der Waals surface area contributed by atoms with Crippen LogP contribution >= 0.6 is 0 Å². The topological polar surface area (TPSA) is 103 Å². The average molecular weight is 405 g/mol. The summed E-state index contributed by atoms with van der Waals surface area (Å²) in [4.78, 5) is 22.0. The molecule has 0 spiro atoms. The van der Waals surface area contributed by atoms with Crippen molar-refractivity contribution in [2.45, 2.75) is 6.61 Å². The van der Waals surface area contributed by atoms with Crippen LogP contribution in [0.25, 0.3) is 0 Å². The van der Waals surface area contributed by atoms with E-state index in [1.165, 1.54) is 30.5 Å². The van der Waals surface area contributed by atoms with Crippen LogP contribution in [-0.2, 0) is 11.4 Å². The van der Waals surface area contributed by atoms with Gasteiger partial charge in [-0.25, -0.2) is 5.43 Å². The van der Waals surface area contributed by atoms with Crippen LogP contribution in [-0.4, -0.2) is 23.7 Å². The zero-order valence-corrected chi connectivity index (χ0v) is 15.9. The maximum atomic E-state index is 11.9. The summed E-state index contributed by atoms with van der Waals surface area (Å²) in [6.45, 7) is 0.0946. The first-order chi connectivity index (χ1) is 14.6. The van der Waals surface area contributed by atoms with Gasteiger partial charge in [-0.3, -0.25) is 14.9 Å². The van der Waals surface area contributed by atoms with E-state index >= 15 is 0 Å². The Morgan fingerprint density at radius 2 is 1.60 bits per heavy atom. The van der Waals surface area contributed by atoms with E-state index in [0.29, 0.717) is 12.4 Å². The molecular weight excluding hydrogens is 386 g/mol. The summed E-state index contributed by atoms with van der Waals surface area (Å²) in [6.07, 6.45) is 1.54. The Kier molecular flexibility index (Phi) is 7.10. The van der Waals surface area contributed by atoms with Crippen LogP contribution in [0.2, 0.25) is 0 Å². The van der Waals surface area contributed by atoms with Gasteiger partial charge in [0.1, 0.15) is 18.1 Å². The number of non-ortho nitro benzene ring substituents is 1. The summed E-state index contributed by atoms with van der Waals surface area (Å²) in [6, 6.07) is 22.5. The molecule has 0 radical (unpaired) electrons. The number of carbonyl (C=O) groups excluding carboxylic acids is 1. The van der Waals surface area contributed by atoms with Gasteiger partial charge in [-0.05, 0) is 29.8 Å². The summed E-state index contributed by atoms with van der Waals surface area (Å²) >= 11 is 0. The summed E-state index contributed by atoms with van der Waals surface area (Å²) in [5, 5.41) is 14.6. The fourth-order valence-electron chi connectivity index (χ4n) is 2.49. The molecule has 152 valence electrons. The predicted octanol–water partition coefficient (Wildman–Crippen LogP) is 3.70. The lowest BCUT2D eigenvalue weighted by Crippen LogP contribution is -2.24. The highest BCUT2D eigenvalue weighted by Crippen LogP contribution is 2.17. The van der Waals surface area contributed by atoms with Crippen LogP contribution in [0.5, 0.6) is 11.5 Å². The lowest BCUT2D eigenvalue weighted by Gasteiger charge is -2.08. The van der Waals surface area contributed by atoms with Crippen molar-refractivity contribution in [3.05, 3.63) is 100 Å². The van der Waals surface area contributed by atoms with Crippen molar-refractivity contribution in [2.24, 2.45) is 5.10 Å². The van der Waals surface area contributed by atoms with Crippen molar-refractivity contribution in [1.82, 2.24) is 5.43 Å². The van der Waals surface area contributed by atoms with Gasteiger partial charge in [0.25, 0.3) is 11.6 Å². The number of rotatable bonds is 9. The molecular formula is C22H19N3O5. The Bertz CT molecular complexity index is 1020. The number of carbonyl (C=O) groups is 1. The largest absolute Gasteiger partial charge is 0.489 e. The summed E-state index contributed by atoms with van der Waals surface area (Å²) < 4.78 is 11.0. The number of nitro groups is 1. The Hall–Kier alpha value is -4.20. The molecule has 0 saturated heterocycles. The zero-order chi connectivity index (χ0) is 21.2. The second kappa shape index (κ2) is 10.4. The molecule has 3 aromatic carbocycles. The van der Waals surface area contributed by atoms with Crippen molar-refractivity contribution < 1.29 is 19.2 Å². The van der Waals surface area contributed by atoms with E-state index in [1.807, 2.05) is 54.6 Å². The molecule has 0 aliphatic rings. The first-order valence-electron chi connectivity index (χ1n) is 9.07. The molecule has 8 heteroatoms. The van der Waals surface area contributed by atoms with Crippen molar-refractivity contribution in [3.8, 4) is 11.5 Å². The summed E-state index contributed by atoms with van der Waals surface area (Å²) in [7, 11) is 0. The third-order valence-electron chi connectivity index (χ3n) is 4.00. The Balaban J connectivity index is 1.49. The van der Waals surface area contributed by atoms with Gasteiger partial charge in [0.15, 0.2) is 6.61 Å². The van der Waals surface area contributed by atoms with Crippen molar-refractivity contribution >= 4 is 17.8 Å². The molecule has 30 heavy (non-hydrogen) atoms. The first kappa shape index (κ1) is 20.5. The van der Waals surface area contributed by atoms with Gasteiger partial charge in [0.05, 0.1) is 11.1 Å². The molecule has 0 bridgehead atoms. The molecule has 0 aliphatic heterocycles. The standard InChI is InChI=1S/C22H19N3O5/c26-22(16-30-21-12-10-19(11-13-21)25(27)28)24-23-14-17-6-4-5-7-18(17)15-29-20-8-2-1-3-9-20/h1-14H,15-16H2,(H,24,26)/b23-14+. The molecule has 0 saturated carbocycles. The van der Waals surface area contributed by atoms with E-state index in [9.17, 15) is 14.9 Å². The number of hydrazone groups is 1. The number of ether oxygens (including phenoxy) is 2. The van der Waals surface area contributed by atoms with E-state index in [0.717, 1.165) is 16.9 Å². The molecule has 3 aromatic rings. The fourth-order valence-corrected chi connectivity index (χ4v) is 2.49. The second-order valence-corrected chi connectivity index (χ2v) is 6.13. The van der Waals surface area contributed by atoms with Crippen molar-refractivity contribution in [3.63, 3.8) is 0 Å². The molecule has 1 N–H and O–H groups in total. The van der Waals surface area contributed by atoms with Gasteiger partial charge in [-0.2, -0.15) is 5.10 Å². The highest BCUT2D eigenvalue weighted by atomic mass is 16.6. The molecule has 0 atom stereocenters. The van der Waals surface area contributed by atoms with E-state index in [4.69, 9.17) is 9.47 Å². The van der Waals surface area contributed by atoms with Crippen LogP contribution in [0.1, 0.15) is 11.1 Å². The van der Waals surface area contributed by atoms with Crippen LogP contribution in [0, 0.1) is 10.1 Å². The molecule has 8 nitrogen and oxygen atoms in total. The maximum absolute atomic E-state index is 11.9. The van der Waals surface area contributed by atoms with Gasteiger partial charge in [0.2, 0.25) is 0 Å². The van der Waals surface area contributed by atoms with Crippen LogP contribution < -0.4 is 14.9 Å². The lowest BCUT2D eigenvalue weighted by atomic mass is 10.1. The van der Waals surface area contributed by atoms with Crippen molar-refractivity contribution in [1.29, 1.82) is 0 Å². The quantitative estimate of drug-likeness (QED) is 0.332. The lowest BCUT2D eigenvalue weighted by molar-refractivity contribution is -0.384. The molecule has 0 heterocycles. The summed E-state index contributed by atoms with van der Waals surface area (Å²) in [5.41, 5.74) is 4.07. The number of hydrogen-bond acceptors (Lipinski definition) is 6. The fraction of sp³-hybridized carbons (Fsp3) is 0.0909. The molecule has 3 rings (SSSR count). The number of benzene rings is 3. The smallest absolute Gasteiger partial charge is 0.277 e. The number of nitrogens with one attached hydrogen (secondary N) is 1. The van der Waals surface area contributed by atoms with Crippen LogP contribution in [0.15, 0.2) is 84.0 Å². The van der Waals surface area contributed by atoms with Crippen LogP contribution in [0.4, 0.5) is 5.69 Å². The third-order valence-corrected chi connectivity index (χ3v) is 4.00. The minimum Gasteiger partial charge on any atom is -0.489 e. The predicted molar refractivity (Wildman–Crippen MR) is 112 cm³/mol. The van der Waals surface area contributed by atoms with Gasteiger partial charge < -0.3 is 9.47 Å². The van der Waals surface area contributed by atoms with E-state index in [-0.39, 0.29) is 12.3 Å². The maximum Gasteiger partial charge on any atom is 0.277 e. The zero-order valence-electron chi connectivity index (χ0n) is 15.9. The van der Waals surface area contributed by atoms with Gasteiger partial charge in [-0.15, -0.1) is 0 Å². The number of nitrogens with zero attached hydrogens (tertiary/aromatic N) is 2. The van der Waals surface area contributed by atoms with Gasteiger partial charge >= 0.3 is 0 Å². The SMILES string of the molecule is O=C(COc1ccc([N+](=O)[O-])cc1)N/N=C/c1ccccc1COc1ccccc1. The van der Waals surface area contributed by atoms with Crippen LogP contribution in [0.3, 0.4) is 0 Å². The molecule has 0 fully saturated rings. The third kappa shape index (κ3) is 6.16. The number of para-hydroxylation sites is 1. The second-order valence-electron chi connectivity index (χ2n) is 6.13. The Morgan fingerprint density at radius 3 is 2.33 bits per heavy atom. The molecule has 1 amide bonds. The average Bonchev–Trinajstić information content (AvgIpc) is 2.78. The Labute approximate surface area is 172 Å². The molecule has 0 aliphatic carbocycles. The van der Waals surface area contributed by atoms with E-state index in [1.54, 1.807) is 0 Å². The summed E-state index contributed by atoms with van der Waals surface area (Å²) in [5.74, 6) is 0.659. The number of hydrogen-bond donors (Lipinski definition) is 1. The van der Waals surface area contributed by atoms with E-state index in [2.05, 4.69) is 10.5 Å². The number of amides is 1. The Morgan fingerprint density at radius 1 is 0.933 bits per heavy atom. The number of nitro benzene ring substituents is 1. The minimum absolute atomic E-state index is 0.0497. The molecule has 0 aromatic heterocycles. The van der Waals surface area contributed by atoms with Gasteiger partial charge in [-0.1, -0.05) is 42.5 Å². The van der Waals surface area contributed by atoms with Crippen molar-refractivity contribution in [2.75, 3.05) is 6.61 Å². The minimum atomic E-state index is -0.506. The first-order valence-corrected chi connectivity index (χ1v) is 9.07. The normalized spacial score (nSPS) is 10.5. The monoisotopic (exact) mass is 405 g/mol.